The van der Waals surface area contributed by atoms with E-state index in [1.165, 1.54) is 0 Å². The summed E-state index contributed by atoms with van der Waals surface area (Å²) in [6.45, 7) is 15.2. The van der Waals surface area contributed by atoms with Crippen molar-refractivity contribution in [2.45, 2.75) is 71.6 Å². The Morgan fingerprint density at radius 3 is 2.14 bits per heavy atom. The average Bonchev–Trinajstić information content (AvgIpc) is 2.24. The van der Waals surface area contributed by atoms with Crippen molar-refractivity contribution in [1.29, 1.82) is 0 Å². The van der Waals surface area contributed by atoms with Gasteiger partial charge in [0.2, 0.25) is 11.8 Å². The van der Waals surface area contributed by atoms with Crippen molar-refractivity contribution in [3.63, 3.8) is 0 Å². The minimum Gasteiger partial charge on any atom is -0.417 e. The molecule has 0 bridgehead atoms. The van der Waals surface area contributed by atoms with E-state index in [9.17, 15) is 9.59 Å². The molecule has 0 saturated carbocycles. The van der Waals surface area contributed by atoms with E-state index in [4.69, 9.17) is 10.2 Å². The van der Waals surface area contributed by atoms with Crippen molar-refractivity contribution >= 4 is 20.1 Å². The largest absolute Gasteiger partial charge is 0.417 e. The SMILES string of the molecule is CC(C)CC(=O)N[C@H](CCO[Si](C)(C)C(C)(C)C)C(N)=O. The molecule has 0 aliphatic heterocycles. The van der Waals surface area contributed by atoms with E-state index in [0.717, 1.165) is 0 Å². The van der Waals surface area contributed by atoms with Gasteiger partial charge in [-0.25, -0.2) is 0 Å². The molecule has 0 rings (SSSR count). The molecule has 0 aromatic heterocycles. The summed E-state index contributed by atoms with van der Waals surface area (Å²) >= 11 is 0. The van der Waals surface area contributed by atoms with Crippen molar-refractivity contribution < 1.29 is 14.0 Å². The van der Waals surface area contributed by atoms with Crippen LogP contribution in [0, 0.1) is 5.92 Å². The molecular weight excluding hydrogens is 284 g/mol. The predicted molar refractivity (Wildman–Crippen MR) is 88.3 cm³/mol. The standard InChI is InChI=1S/C15H32N2O3Si/c1-11(2)10-13(18)17-12(14(16)19)8-9-20-21(6,7)15(3,4)5/h11-12H,8-10H2,1-7H3,(H2,16,19)(H,17,18)/t12-/m1/s1. The number of carbonyl (C=O) groups is 2. The second kappa shape index (κ2) is 7.94. The van der Waals surface area contributed by atoms with Crippen molar-refractivity contribution in [2.75, 3.05) is 6.61 Å². The molecule has 0 spiro atoms. The quantitative estimate of drug-likeness (QED) is 0.675. The summed E-state index contributed by atoms with van der Waals surface area (Å²) in [5.41, 5.74) is 5.35. The third kappa shape index (κ3) is 7.62. The summed E-state index contributed by atoms with van der Waals surface area (Å²) in [6, 6.07) is -0.652. The Balaban J connectivity index is 4.42. The Morgan fingerprint density at radius 2 is 1.76 bits per heavy atom. The van der Waals surface area contributed by atoms with Gasteiger partial charge in [0.15, 0.2) is 8.32 Å². The fourth-order valence-electron chi connectivity index (χ4n) is 1.56. The molecule has 21 heavy (non-hydrogen) atoms. The topological polar surface area (TPSA) is 81.4 Å². The van der Waals surface area contributed by atoms with Gasteiger partial charge in [-0.15, -0.1) is 0 Å². The molecule has 1 atom stereocenters. The van der Waals surface area contributed by atoms with E-state index in [-0.39, 0.29) is 16.9 Å². The van der Waals surface area contributed by atoms with E-state index >= 15 is 0 Å². The van der Waals surface area contributed by atoms with Gasteiger partial charge in [-0.2, -0.15) is 0 Å². The molecule has 124 valence electrons. The number of rotatable bonds is 8. The first-order valence-electron chi connectivity index (χ1n) is 7.59. The lowest BCUT2D eigenvalue weighted by molar-refractivity contribution is -0.128. The van der Waals surface area contributed by atoms with Crippen LogP contribution in [0.3, 0.4) is 0 Å². The van der Waals surface area contributed by atoms with E-state index < -0.39 is 20.3 Å². The predicted octanol–water partition coefficient (Wildman–Crippen LogP) is 2.41. The molecule has 0 fully saturated rings. The molecule has 0 saturated heterocycles. The lowest BCUT2D eigenvalue weighted by atomic mass is 10.1. The Morgan fingerprint density at radius 1 is 1.24 bits per heavy atom. The van der Waals surface area contributed by atoms with Crippen molar-refractivity contribution in [2.24, 2.45) is 11.7 Å². The highest BCUT2D eigenvalue weighted by molar-refractivity contribution is 6.74. The number of primary amides is 1. The first kappa shape index (κ1) is 20.1. The fourth-order valence-corrected chi connectivity index (χ4v) is 2.62. The van der Waals surface area contributed by atoms with Crippen LogP contribution in [0.1, 0.15) is 47.5 Å². The number of amides is 2. The second-order valence-corrected chi connectivity index (χ2v) is 12.3. The molecule has 3 N–H and O–H groups in total. The third-order valence-corrected chi connectivity index (χ3v) is 8.49. The Kier molecular flexibility index (Phi) is 7.60. The molecular formula is C15H32N2O3Si. The average molecular weight is 317 g/mol. The second-order valence-electron chi connectivity index (χ2n) is 7.52. The number of nitrogens with two attached hydrogens (primary N) is 1. The summed E-state index contributed by atoms with van der Waals surface area (Å²) in [7, 11) is -1.84. The van der Waals surface area contributed by atoms with Gasteiger partial charge in [-0.3, -0.25) is 9.59 Å². The Bertz CT molecular complexity index is 362. The van der Waals surface area contributed by atoms with E-state index in [1.807, 2.05) is 13.8 Å². The molecule has 5 nitrogen and oxygen atoms in total. The lowest BCUT2D eigenvalue weighted by Crippen LogP contribution is -2.47. The summed E-state index contributed by atoms with van der Waals surface area (Å²) in [4.78, 5) is 23.2. The number of hydrogen-bond acceptors (Lipinski definition) is 3. The maximum absolute atomic E-state index is 11.7. The molecule has 0 radical (unpaired) electrons. The van der Waals surface area contributed by atoms with Gasteiger partial charge in [0.05, 0.1) is 0 Å². The van der Waals surface area contributed by atoms with Crippen molar-refractivity contribution in [3.8, 4) is 0 Å². The van der Waals surface area contributed by atoms with Crippen molar-refractivity contribution in [1.82, 2.24) is 5.32 Å². The Hall–Kier alpha value is -0.883. The zero-order chi connectivity index (χ0) is 16.8. The first-order valence-corrected chi connectivity index (χ1v) is 10.5. The lowest BCUT2D eigenvalue weighted by Gasteiger charge is -2.36. The minimum absolute atomic E-state index is 0.121. The fraction of sp³-hybridized carbons (Fsp3) is 0.867. The molecule has 6 heteroatoms. The van der Waals surface area contributed by atoms with Crippen LogP contribution in [0.15, 0.2) is 0 Å². The maximum Gasteiger partial charge on any atom is 0.240 e. The van der Waals surface area contributed by atoms with Crippen LogP contribution in [0.5, 0.6) is 0 Å². The monoisotopic (exact) mass is 316 g/mol. The van der Waals surface area contributed by atoms with Gasteiger partial charge in [0, 0.05) is 13.0 Å². The normalized spacial score (nSPS) is 14.1. The van der Waals surface area contributed by atoms with E-state index in [1.54, 1.807) is 0 Å². The highest BCUT2D eigenvalue weighted by atomic mass is 28.4. The molecule has 2 amide bonds. The van der Waals surface area contributed by atoms with Gasteiger partial charge in [0.1, 0.15) is 6.04 Å². The zero-order valence-electron chi connectivity index (χ0n) is 14.6. The number of carbonyl (C=O) groups excluding carboxylic acids is 2. The van der Waals surface area contributed by atoms with Gasteiger partial charge >= 0.3 is 0 Å². The number of hydrogen-bond donors (Lipinski definition) is 2. The molecule has 0 aromatic carbocycles. The van der Waals surface area contributed by atoms with Crippen LogP contribution in [0.2, 0.25) is 18.1 Å². The highest BCUT2D eigenvalue weighted by Crippen LogP contribution is 2.36. The van der Waals surface area contributed by atoms with Crippen LogP contribution in [0.25, 0.3) is 0 Å². The van der Waals surface area contributed by atoms with Crippen LogP contribution >= 0.6 is 0 Å². The van der Waals surface area contributed by atoms with Crippen LogP contribution in [-0.4, -0.2) is 32.8 Å². The van der Waals surface area contributed by atoms with E-state index in [2.05, 4.69) is 39.2 Å². The van der Waals surface area contributed by atoms with Crippen LogP contribution in [0.4, 0.5) is 0 Å². The summed E-state index contributed by atoms with van der Waals surface area (Å²) in [5.74, 6) is -0.394. The van der Waals surface area contributed by atoms with Crippen molar-refractivity contribution in [3.05, 3.63) is 0 Å². The summed E-state index contributed by atoms with van der Waals surface area (Å²) in [6.07, 6.45) is 0.818. The van der Waals surface area contributed by atoms with Crippen LogP contribution < -0.4 is 11.1 Å². The summed E-state index contributed by atoms with van der Waals surface area (Å²) < 4.78 is 6.02. The van der Waals surface area contributed by atoms with Crippen LogP contribution in [-0.2, 0) is 14.0 Å². The molecule has 0 heterocycles. The first-order chi connectivity index (χ1) is 9.36. The highest BCUT2D eigenvalue weighted by Gasteiger charge is 2.37. The smallest absolute Gasteiger partial charge is 0.240 e. The summed E-state index contributed by atoms with van der Waals surface area (Å²) in [5, 5.41) is 2.82. The minimum atomic E-state index is -1.84. The van der Waals surface area contributed by atoms with Gasteiger partial charge in [0.25, 0.3) is 0 Å². The van der Waals surface area contributed by atoms with Gasteiger partial charge in [-0.05, 0) is 30.5 Å². The molecule has 0 aliphatic carbocycles. The maximum atomic E-state index is 11.7. The zero-order valence-corrected chi connectivity index (χ0v) is 15.6. The molecule has 0 unspecified atom stereocenters. The number of nitrogens with one attached hydrogen (secondary N) is 1. The molecule has 0 aromatic rings. The third-order valence-electron chi connectivity index (χ3n) is 3.95. The van der Waals surface area contributed by atoms with E-state index in [0.29, 0.717) is 19.4 Å². The van der Waals surface area contributed by atoms with Gasteiger partial charge < -0.3 is 15.5 Å². The Labute approximate surface area is 130 Å². The molecule has 0 aliphatic rings. The van der Waals surface area contributed by atoms with Gasteiger partial charge in [-0.1, -0.05) is 34.6 Å².